The maximum absolute atomic E-state index is 3.53. The van der Waals surface area contributed by atoms with Gasteiger partial charge in [0.1, 0.15) is 0 Å². The average molecular weight is 264 g/mol. The molecule has 1 fully saturated rings. The van der Waals surface area contributed by atoms with Gasteiger partial charge in [-0.3, -0.25) is 4.90 Å². The maximum Gasteiger partial charge on any atom is 0.0261 e. The van der Waals surface area contributed by atoms with Crippen molar-refractivity contribution in [1.82, 2.24) is 10.2 Å². The molecule has 0 spiro atoms. The van der Waals surface area contributed by atoms with Crippen molar-refractivity contribution in [2.45, 2.75) is 19.4 Å². The summed E-state index contributed by atoms with van der Waals surface area (Å²) in [6.45, 7) is 6.94. The molecular formula is C15H24N2S. The lowest BCUT2D eigenvalue weighted by Crippen LogP contribution is -2.52. The Balaban J connectivity index is 1.87. The topological polar surface area (TPSA) is 15.3 Å². The molecule has 1 N–H and O–H groups in total. The van der Waals surface area contributed by atoms with Crippen LogP contribution < -0.4 is 5.32 Å². The predicted molar refractivity (Wildman–Crippen MR) is 81.4 cm³/mol. The van der Waals surface area contributed by atoms with Crippen molar-refractivity contribution in [3.63, 3.8) is 0 Å². The highest BCUT2D eigenvalue weighted by molar-refractivity contribution is 7.99. The van der Waals surface area contributed by atoms with E-state index in [-0.39, 0.29) is 0 Å². The second-order valence-corrected chi connectivity index (χ2v) is 6.17. The molecule has 1 aromatic carbocycles. The number of thioether (sulfide) groups is 1. The van der Waals surface area contributed by atoms with Crippen LogP contribution in [-0.2, 0) is 6.42 Å². The zero-order valence-electron chi connectivity index (χ0n) is 11.3. The zero-order valence-corrected chi connectivity index (χ0v) is 12.1. The monoisotopic (exact) mass is 264 g/mol. The first-order valence-corrected chi connectivity index (χ1v) is 8.12. The highest BCUT2D eigenvalue weighted by Crippen LogP contribution is 2.12. The summed E-state index contributed by atoms with van der Waals surface area (Å²) in [6, 6.07) is 11.5. The lowest BCUT2D eigenvalue weighted by Gasteiger charge is -2.36. The van der Waals surface area contributed by atoms with Crippen LogP contribution in [0.25, 0.3) is 0 Å². The van der Waals surface area contributed by atoms with Crippen molar-refractivity contribution in [3.05, 3.63) is 35.9 Å². The Labute approximate surface area is 115 Å². The van der Waals surface area contributed by atoms with Gasteiger partial charge in [0.2, 0.25) is 0 Å². The maximum atomic E-state index is 3.53. The van der Waals surface area contributed by atoms with Gasteiger partial charge in [-0.2, -0.15) is 11.8 Å². The first-order valence-electron chi connectivity index (χ1n) is 6.96. The van der Waals surface area contributed by atoms with Gasteiger partial charge in [0, 0.05) is 38.0 Å². The Morgan fingerprint density at radius 1 is 1.33 bits per heavy atom. The summed E-state index contributed by atoms with van der Waals surface area (Å²) in [4.78, 5) is 2.66. The molecule has 0 bridgehead atoms. The average Bonchev–Trinajstić information content (AvgIpc) is 2.42. The lowest BCUT2D eigenvalue weighted by molar-refractivity contribution is 0.170. The van der Waals surface area contributed by atoms with Crippen molar-refractivity contribution in [1.29, 1.82) is 0 Å². The van der Waals surface area contributed by atoms with Crippen LogP contribution in [-0.4, -0.2) is 48.6 Å². The molecule has 1 unspecified atom stereocenters. The molecule has 1 aliphatic rings. The molecule has 0 amide bonds. The van der Waals surface area contributed by atoms with Gasteiger partial charge in [-0.1, -0.05) is 37.3 Å². The number of hydrogen-bond acceptors (Lipinski definition) is 3. The minimum Gasteiger partial charge on any atom is -0.314 e. The van der Waals surface area contributed by atoms with Crippen molar-refractivity contribution in [3.8, 4) is 0 Å². The van der Waals surface area contributed by atoms with Gasteiger partial charge in [-0.15, -0.1) is 0 Å². The Kier molecular flexibility index (Phi) is 6.05. The summed E-state index contributed by atoms with van der Waals surface area (Å²) in [7, 11) is 0. The van der Waals surface area contributed by atoms with E-state index in [0.29, 0.717) is 6.04 Å². The fourth-order valence-corrected chi connectivity index (χ4v) is 3.16. The van der Waals surface area contributed by atoms with Gasteiger partial charge in [0.15, 0.2) is 0 Å². The molecule has 1 aliphatic heterocycles. The number of nitrogens with one attached hydrogen (secondary N) is 1. The van der Waals surface area contributed by atoms with E-state index < -0.39 is 0 Å². The van der Waals surface area contributed by atoms with E-state index >= 15 is 0 Å². The van der Waals surface area contributed by atoms with Crippen LogP contribution in [0.5, 0.6) is 0 Å². The SMILES string of the molecule is CCSCCN1CCNCC1Cc1ccccc1. The van der Waals surface area contributed by atoms with Crippen molar-refractivity contribution in [2.24, 2.45) is 0 Å². The lowest BCUT2D eigenvalue weighted by atomic mass is 10.0. The molecule has 18 heavy (non-hydrogen) atoms. The highest BCUT2D eigenvalue weighted by atomic mass is 32.2. The third-order valence-electron chi connectivity index (χ3n) is 3.51. The number of nitrogens with zero attached hydrogens (tertiary/aromatic N) is 1. The standard InChI is InChI=1S/C15H24N2S/c1-2-18-11-10-17-9-8-16-13-15(17)12-14-6-4-3-5-7-14/h3-7,15-16H,2,8-13H2,1H3. The van der Waals surface area contributed by atoms with Crippen LogP contribution in [0, 0.1) is 0 Å². The third-order valence-corrected chi connectivity index (χ3v) is 4.39. The molecule has 1 aromatic rings. The first-order chi connectivity index (χ1) is 8.90. The molecule has 0 radical (unpaired) electrons. The fourth-order valence-electron chi connectivity index (χ4n) is 2.51. The smallest absolute Gasteiger partial charge is 0.0261 e. The summed E-state index contributed by atoms with van der Waals surface area (Å²) in [5.41, 5.74) is 1.46. The first kappa shape index (κ1) is 13.9. The predicted octanol–water partition coefficient (Wildman–Crippen LogP) is 2.26. The van der Waals surface area contributed by atoms with Crippen molar-refractivity contribution < 1.29 is 0 Å². The Morgan fingerprint density at radius 2 is 2.17 bits per heavy atom. The van der Waals surface area contributed by atoms with E-state index in [1.54, 1.807) is 0 Å². The van der Waals surface area contributed by atoms with Gasteiger partial charge in [0.05, 0.1) is 0 Å². The normalized spacial score (nSPS) is 21.1. The van der Waals surface area contributed by atoms with Crippen molar-refractivity contribution in [2.75, 3.05) is 37.7 Å². The summed E-state index contributed by atoms with van der Waals surface area (Å²) in [5, 5.41) is 3.53. The molecule has 3 heteroatoms. The molecule has 1 saturated heterocycles. The van der Waals surface area contributed by atoms with Gasteiger partial charge in [-0.25, -0.2) is 0 Å². The fraction of sp³-hybridized carbons (Fsp3) is 0.600. The zero-order chi connectivity index (χ0) is 12.6. The summed E-state index contributed by atoms with van der Waals surface area (Å²) in [6.07, 6.45) is 1.17. The van der Waals surface area contributed by atoms with Crippen LogP contribution in [0.2, 0.25) is 0 Å². The second-order valence-electron chi connectivity index (χ2n) is 4.78. The minimum absolute atomic E-state index is 0.665. The van der Waals surface area contributed by atoms with E-state index in [1.165, 1.54) is 36.6 Å². The molecule has 1 heterocycles. The van der Waals surface area contributed by atoms with Gasteiger partial charge in [0.25, 0.3) is 0 Å². The number of benzene rings is 1. The molecular weight excluding hydrogens is 240 g/mol. The number of piperazine rings is 1. The van der Waals surface area contributed by atoms with Crippen LogP contribution >= 0.6 is 11.8 Å². The largest absolute Gasteiger partial charge is 0.314 e. The third kappa shape index (κ3) is 4.30. The summed E-state index contributed by atoms with van der Waals surface area (Å²) in [5.74, 6) is 2.50. The Hall–Kier alpha value is -0.510. The minimum atomic E-state index is 0.665. The van der Waals surface area contributed by atoms with Gasteiger partial charge >= 0.3 is 0 Å². The van der Waals surface area contributed by atoms with E-state index in [9.17, 15) is 0 Å². The van der Waals surface area contributed by atoms with Gasteiger partial charge in [-0.05, 0) is 17.7 Å². The molecule has 0 saturated carbocycles. The van der Waals surface area contributed by atoms with Crippen LogP contribution in [0.15, 0.2) is 30.3 Å². The molecule has 2 nitrogen and oxygen atoms in total. The van der Waals surface area contributed by atoms with E-state index in [1.807, 2.05) is 11.8 Å². The quantitative estimate of drug-likeness (QED) is 0.794. The van der Waals surface area contributed by atoms with E-state index in [0.717, 1.165) is 13.1 Å². The van der Waals surface area contributed by atoms with E-state index in [2.05, 4.69) is 47.5 Å². The van der Waals surface area contributed by atoms with Crippen molar-refractivity contribution >= 4 is 11.8 Å². The molecule has 0 aliphatic carbocycles. The molecule has 0 aromatic heterocycles. The number of rotatable bonds is 6. The van der Waals surface area contributed by atoms with Gasteiger partial charge < -0.3 is 5.32 Å². The summed E-state index contributed by atoms with van der Waals surface area (Å²) < 4.78 is 0. The summed E-state index contributed by atoms with van der Waals surface area (Å²) >= 11 is 2.05. The van der Waals surface area contributed by atoms with Crippen LogP contribution in [0.3, 0.4) is 0 Å². The number of hydrogen-bond donors (Lipinski definition) is 1. The highest BCUT2D eigenvalue weighted by Gasteiger charge is 2.21. The van der Waals surface area contributed by atoms with Crippen LogP contribution in [0.4, 0.5) is 0 Å². The molecule has 2 rings (SSSR count). The second kappa shape index (κ2) is 7.82. The van der Waals surface area contributed by atoms with Crippen LogP contribution in [0.1, 0.15) is 12.5 Å². The Morgan fingerprint density at radius 3 is 2.94 bits per heavy atom. The molecule has 1 atom stereocenters. The molecule has 100 valence electrons. The Bertz CT molecular complexity index is 329. The van der Waals surface area contributed by atoms with E-state index in [4.69, 9.17) is 0 Å².